The number of nitrogens with one attached hydrogen (secondary N) is 1. The number of benzene rings is 1. The molecule has 0 aliphatic carbocycles. The summed E-state index contributed by atoms with van der Waals surface area (Å²) in [4.78, 5) is 13.8. The predicted molar refractivity (Wildman–Crippen MR) is 67.1 cm³/mol. The van der Waals surface area contributed by atoms with E-state index in [-0.39, 0.29) is 6.03 Å². The Morgan fingerprint density at radius 3 is 2.89 bits per heavy atom. The van der Waals surface area contributed by atoms with Crippen molar-refractivity contribution in [1.29, 1.82) is 0 Å². The average Bonchev–Trinajstić information content (AvgIpc) is 2.87. The molecule has 5 heteroatoms. The topological polar surface area (TPSA) is 50.8 Å². The summed E-state index contributed by atoms with van der Waals surface area (Å²) >= 11 is 0. The Balaban J connectivity index is 1.66. The van der Waals surface area contributed by atoms with E-state index < -0.39 is 0 Å². The molecule has 0 unspecified atom stereocenters. The van der Waals surface area contributed by atoms with Crippen LogP contribution >= 0.6 is 0 Å². The molecule has 1 aromatic carbocycles. The van der Waals surface area contributed by atoms with Crippen molar-refractivity contribution >= 4 is 11.7 Å². The van der Waals surface area contributed by atoms with Crippen molar-refractivity contribution in [2.75, 3.05) is 38.2 Å². The highest BCUT2D eigenvalue weighted by atomic mass is 16.5. The van der Waals surface area contributed by atoms with E-state index in [1.165, 1.54) is 0 Å². The normalized spacial score (nSPS) is 18.1. The van der Waals surface area contributed by atoms with Crippen LogP contribution in [-0.2, 0) is 11.2 Å². The van der Waals surface area contributed by atoms with Crippen LogP contribution in [0.1, 0.15) is 5.56 Å². The predicted octanol–water partition coefficient (Wildman–Crippen LogP) is 1.49. The maximum Gasteiger partial charge on any atom is 0.321 e. The van der Waals surface area contributed by atoms with Crippen LogP contribution in [0.5, 0.6) is 5.75 Å². The van der Waals surface area contributed by atoms with Gasteiger partial charge in [-0.15, -0.1) is 0 Å². The fourth-order valence-corrected chi connectivity index (χ4v) is 2.23. The number of ether oxygens (including phenoxy) is 2. The number of hydrogen-bond acceptors (Lipinski definition) is 3. The molecule has 0 spiro atoms. The van der Waals surface area contributed by atoms with Gasteiger partial charge in [-0.3, -0.25) is 0 Å². The summed E-state index contributed by atoms with van der Waals surface area (Å²) in [7, 11) is 0. The van der Waals surface area contributed by atoms with Crippen molar-refractivity contribution in [2.24, 2.45) is 0 Å². The minimum atomic E-state index is -0.0582. The third kappa shape index (κ3) is 2.26. The van der Waals surface area contributed by atoms with E-state index >= 15 is 0 Å². The van der Waals surface area contributed by atoms with Gasteiger partial charge in [0, 0.05) is 25.2 Å². The van der Waals surface area contributed by atoms with Gasteiger partial charge in [-0.2, -0.15) is 0 Å². The van der Waals surface area contributed by atoms with Crippen LogP contribution in [0, 0.1) is 0 Å². The first-order valence-corrected chi connectivity index (χ1v) is 6.22. The minimum Gasteiger partial charge on any atom is -0.493 e. The first-order chi connectivity index (χ1) is 8.83. The van der Waals surface area contributed by atoms with Crippen LogP contribution in [0.15, 0.2) is 18.2 Å². The van der Waals surface area contributed by atoms with Crippen LogP contribution in [0.3, 0.4) is 0 Å². The van der Waals surface area contributed by atoms with Crippen LogP contribution < -0.4 is 10.1 Å². The molecule has 1 aromatic rings. The average molecular weight is 248 g/mol. The Labute approximate surface area is 106 Å². The lowest BCUT2D eigenvalue weighted by atomic mass is 10.1. The number of rotatable bonds is 1. The Morgan fingerprint density at radius 2 is 2.06 bits per heavy atom. The summed E-state index contributed by atoms with van der Waals surface area (Å²) in [5.74, 6) is 0.930. The Morgan fingerprint density at radius 1 is 1.22 bits per heavy atom. The quantitative estimate of drug-likeness (QED) is 0.819. The second-order valence-corrected chi connectivity index (χ2v) is 4.45. The Hall–Kier alpha value is -1.75. The smallest absolute Gasteiger partial charge is 0.321 e. The molecule has 0 radical (unpaired) electrons. The molecular weight excluding hydrogens is 232 g/mol. The summed E-state index contributed by atoms with van der Waals surface area (Å²) in [6.07, 6.45) is 0.913. The molecule has 0 bridgehead atoms. The minimum absolute atomic E-state index is 0.0582. The molecule has 0 aromatic heterocycles. The lowest BCUT2D eigenvalue weighted by molar-refractivity contribution is 0.0564. The number of anilines is 1. The molecule has 2 aliphatic rings. The van der Waals surface area contributed by atoms with Crippen LogP contribution in [-0.4, -0.2) is 43.8 Å². The zero-order valence-corrected chi connectivity index (χ0v) is 10.1. The lowest BCUT2D eigenvalue weighted by Crippen LogP contribution is -2.43. The maximum atomic E-state index is 12.0. The van der Waals surface area contributed by atoms with Gasteiger partial charge in [0.1, 0.15) is 5.75 Å². The standard InChI is InChI=1S/C13H16N2O3/c16-13(15-4-7-17-8-5-15)14-11-1-2-12-10(9-11)3-6-18-12/h1-2,9H,3-8H2,(H,14,16). The van der Waals surface area contributed by atoms with Crippen molar-refractivity contribution in [1.82, 2.24) is 4.90 Å². The van der Waals surface area contributed by atoms with Crippen LogP contribution in [0.4, 0.5) is 10.5 Å². The number of amides is 2. The third-order valence-corrected chi connectivity index (χ3v) is 3.24. The summed E-state index contributed by atoms with van der Waals surface area (Å²) in [6, 6.07) is 5.72. The van der Waals surface area contributed by atoms with Gasteiger partial charge in [0.25, 0.3) is 0 Å². The monoisotopic (exact) mass is 248 g/mol. The number of carbonyl (C=O) groups excluding carboxylic acids is 1. The van der Waals surface area contributed by atoms with E-state index in [9.17, 15) is 4.79 Å². The Bertz CT molecular complexity index is 456. The maximum absolute atomic E-state index is 12.0. The van der Waals surface area contributed by atoms with Crippen molar-refractivity contribution < 1.29 is 14.3 Å². The van der Waals surface area contributed by atoms with Crippen molar-refractivity contribution in [3.8, 4) is 5.75 Å². The second-order valence-electron chi connectivity index (χ2n) is 4.45. The number of carbonyl (C=O) groups is 1. The summed E-state index contributed by atoms with van der Waals surface area (Å²) in [5, 5.41) is 2.92. The molecule has 96 valence electrons. The van der Waals surface area contributed by atoms with Gasteiger partial charge in [-0.25, -0.2) is 4.79 Å². The molecule has 0 atom stereocenters. The van der Waals surface area contributed by atoms with E-state index in [1.54, 1.807) is 4.90 Å². The van der Waals surface area contributed by atoms with E-state index in [4.69, 9.17) is 9.47 Å². The summed E-state index contributed by atoms with van der Waals surface area (Å²) in [5.41, 5.74) is 1.99. The second kappa shape index (κ2) is 4.86. The number of fused-ring (bicyclic) bond motifs is 1. The third-order valence-electron chi connectivity index (χ3n) is 3.24. The van der Waals surface area contributed by atoms with Gasteiger partial charge in [-0.05, 0) is 23.8 Å². The van der Waals surface area contributed by atoms with Crippen LogP contribution in [0.25, 0.3) is 0 Å². The lowest BCUT2D eigenvalue weighted by Gasteiger charge is -2.27. The van der Waals surface area contributed by atoms with Gasteiger partial charge < -0.3 is 19.7 Å². The largest absolute Gasteiger partial charge is 0.493 e. The number of urea groups is 1. The summed E-state index contributed by atoms with van der Waals surface area (Å²) < 4.78 is 10.7. The molecular formula is C13H16N2O3. The number of morpholine rings is 1. The molecule has 2 amide bonds. The fourth-order valence-electron chi connectivity index (χ4n) is 2.23. The SMILES string of the molecule is O=C(Nc1ccc2c(c1)CCO2)N1CCOCC1. The molecule has 1 N–H and O–H groups in total. The first-order valence-electron chi connectivity index (χ1n) is 6.22. The highest BCUT2D eigenvalue weighted by Gasteiger charge is 2.18. The fraction of sp³-hybridized carbons (Fsp3) is 0.462. The van der Waals surface area contributed by atoms with E-state index in [2.05, 4.69) is 5.32 Å². The molecule has 1 saturated heterocycles. The first kappa shape index (κ1) is 11.3. The zero-order chi connectivity index (χ0) is 12.4. The van der Waals surface area contributed by atoms with Crippen molar-refractivity contribution in [3.63, 3.8) is 0 Å². The van der Waals surface area contributed by atoms with E-state index in [0.29, 0.717) is 26.3 Å². The highest BCUT2D eigenvalue weighted by molar-refractivity contribution is 5.89. The zero-order valence-electron chi connectivity index (χ0n) is 10.1. The number of nitrogens with zero attached hydrogens (tertiary/aromatic N) is 1. The molecule has 3 rings (SSSR count). The molecule has 2 heterocycles. The van der Waals surface area contributed by atoms with Crippen molar-refractivity contribution in [2.45, 2.75) is 6.42 Å². The molecule has 0 saturated carbocycles. The van der Waals surface area contributed by atoms with Gasteiger partial charge in [0.2, 0.25) is 0 Å². The van der Waals surface area contributed by atoms with Crippen LogP contribution in [0.2, 0.25) is 0 Å². The molecule has 2 aliphatic heterocycles. The van der Waals surface area contributed by atoms with E-state index in [0.717, 1.165) is 30.0 Å². The molecule has 18 heavy (non-hydrogen) atoms. The van der Waals surface area contributed by atoms with Gasteiger partial charge in [0.15, 0.2) is 0 Å². The van der Waals surface area contributed by atoms with Crippen molar-refractivity contribution in [3.05, 3.63) is 23.8 Å². The van der Waals surface area contributed by atoms with E-state index in [1.807, 2.05) is 18.2 Å². The highest BCUT2D eigenvalue weighted by Crippen LogP contribution is 2.27. The number of hydrogen-bond donors (Lipinski definition) is 1. The van der Waals surface area contributed by atoms with Gasteiger partial charge in [-0.1, -0.05) is 0 Å². The molecule has 5 nitrogen and oxygen atoms in total. The summed E-state index contributed by atoms with van der Waals surface area (Å²) in [6.45, 7) is 3.27. The van der Waals surface area contributed by atoms with Gasteiger partial charge >= 0.3 is 6.03 Å². The Kier molecular flexibility index (Phi) is 3.06. The van der Waals surface area contributed by atoms with Gasteiger partial charge in [0.05, 0.1) is 19.8 Å². The molecule has 1 fully saturated rings.